The highest BCUT2D eigenvalue weighted by Crippen LogP contribution is 2.34. The van der Waals surface area contributed by atoms with Gasteiger partial charge in [0.25, 0.3) is 0 Å². The molecule has 0 radical (unpaired) electrons. The van der Waals surface area contributed by atoms with E-state index in [0.29, 0.717) is 16.5 Å². The van der Waals surface area contributed by atoms with Gasteiger partial charge < -0.3 is 10.5 Å². The lowest BCUT2D eigenvalue weighted by Gasteiger charge is -2.26. The molecule has 0 saturated heterocycles. The first-order chi connectivity index (χ1) is 6.46. The van der Waals surface area contributed by atoms with Crippen molar-refractivity contribution in [3.63, 3.8) is 0 Å². The summed E-state index contributed by atoms with van der Waals surface area (Å²) in [5.41, 5.74) is 6.12. The van der Waals surface area contributed by atoms with E-state index in [1.54, 1.807) is 12.1 Å². The lowest BCUT2D eigenvalue weighted by atomic mass is 10.1. The van der Waals surface area contributed by atoms with E-state index in [9.17, 15) is 0 Å². The van der Waals surface area contributed by atoms with Crippen molar-refractivity contribution in [2.45, 2.75) is 32.8 Å². The van der Waals surface area contributed by atoms with Crippen molar-refractivity contribution >= 4 is 17.3 Å². The van der Waals surface area contributed by atoms with Crippen LogP contribution in [0.25, 0.3) is 0 Å². The molecule has 0 heterocycles. The summed E-state index contributed by atoms with van der Waals surface area (Å²) >= 11 is 5.99. The highest BCUT2D eigenvalue weighted by molar-refractivity contribution is 6.32. The van der Waals surface area contributed by atoms with Crippen LogP contribution in [0.1, 0.15) is 27.2 Å². The minimum absolute atomic E-state index is 0.237. The Morgan fingerprint density at radius 3 is 2.57 bits per heavy atom. The lowest BCUT2D eigenvalue weighted by Crippen LogP contribution is -2.27. The fraction of sp³-hybridized carbons (Fsp3) is 0.455. The van der Waals surface area contributed by atoms with Crippen LogP contribution in [-0.4, -0.2) is 5.60 Å². The lowest BCUT2D eigenvalue weighted by molar-refractivity contribution is 0.106. The molecule has 1 rings (SSSR count). The van der Waals surface area contributed by atoms with Crippen LogP contribution in [0.3, 0.4) is 0 Å². The number of hydrogen-bond donors (Lipinski definition) is 1. The summed E-state index contributed by atoms with van der Waals surface area (Å²) in [4.78, 5) is 0. The molecule has 14 heavy (non-hydrogen) atoms. The average Bonchev–Trinajstić information content (AvgIpc) is 2.12. The van der Waals surface area contributed by atoms with Crippen molar-refractivity contribution in [1.29, 1.82) is 0 Å². The van der Waals surface area contributed by atoms with Crippen molar-refractivity contribution in [2.75, 3.05) is 5.73 Å². The van der Waals surface area contributed by atoms with Gasteiger partial charge in [0.05, 0.1) is 10.7 Å². The molecule has 1 aromatic rings. The smallest absolute Gasteiger partial charge is 0.161 e. The second-order valence-electron chi connectivity index (χ2n) is 3.87. The number of hydrogen-bond acceptors (Lipinski definition) is 2. The molecule has 0 aromatic heterocycles. The van der Waals surface area contributed by atoms with Crippen molar-refractivity contribution in [3.05, 3.63) is 23.2 Å². The summed E-state index contributed by atoms with van der Waals surface area (Å²) < 4.78 is 5.76. The Balaban J connectivity index is 2.97. The maximum atomic E-state index is 5.99. The monoisotopic (exact) mass is 213 g/mol. The molecule has 0 aliphatic heterocycles. The number of rotatable bonds is 3. The number of nitrogen functional groups attached to an aromatic ring is 1. The molecule has 0 fully saturated rings. The van der Waals surface area contributed by atoms with Gasteiger partial charge in [-0.25, -0.2) is 0 Å². The minimum atomic E-state index is -0.237. The summed E-state index contributed by atoms with van der Waals surface area (Å²) in [6, 6.07) is 5.37. The molecule has 0 amide bonds. The largest absolute Gasteiger partial charge is 0.484 e. The quantitative estimate of drug-likeness (QED) is 0.781. The van der Waals surface area contributed by atoms with Crippen LogP contribution < -0.4 is 10.5 Å². The van der Waals surface area contributed by atoms with E-state index in [4.69, 9.17) is 22.1 Å². The Bertz CT molecular complexity index is 303. The van der Waals surface area contributed by atoms with E-state index in [-0.39, 0.29) is 5.60 Å². The number of ether oxygens (including phenoxy) is 1. The molecule has 0 bridgehead atoms. The first-order valence-corrected chi connectivity index (χ1v) is 5.07. The third kappa shape index (κ3) is 2.55. The van der Waals surface area contributed by atoms with Gasteiger partial charge in [-0.2, -0.15) is 0 Å². The van der Waals surface area contributed by atoms with Gasteiger partial charge in [-0.15, -0.1) is 0 Å². The molecule has 2 N–H and O–H groups in total. The molecule has 78 valence electrons. The molecule has 0 saturated carbocycles. The van der Waals surface area contributed by atoms with Crippen molar-refractivity contribution in [3.8, 4) is 5.75 Å². The fourth-order valence-corrected chi connectivity index (χ4v) is 1.20. The van der Waals surface area contributed by atoms with Gasteiger partial charge in [0.15, 0.2) is 5.75 Å². The van der Waals surface area contributed by atoms with Gasteiger partial charge >= 0.3 is 0 Å². The number of nitrogens with two attached hydrogens (primary N) is 1. The number of anilines is 1. The standard InChI is InChI=1S/C11H16ClNO/c1-4-11(2,3)14-10-8(12)6-5-7-9(10)13/h5-7H,4,13H2,1-3H3. The van der Waals surface area contributed by atoms with E-state index in [0.717, 1.165) is 6.42 Å². The highest BCUT2D eigenvalue weighted by Gasteiger charge is 2.19. The van der Waals surface area contributed by atoms with Crippen LogP contribution in [0.2, 0.25) is 5.02 Å². The summed E-state index contributed by atoms with van der Waals surface area (Å²) in [7, 11) is 0. The second-order valence-corrected chi connectivity index (χ2v) is 4.28. The van der Waals surface area contributed by atoms with E-state index >= 15 is 0 Å². The van der Waals surface area contributed by atoms with Crippen LogP contribution >= 0.6 is 11.6 Å². The molecule has 0 aliphatic carbocycles. The summed E-state index contributed by atoms with van der Waals surface area (Å²) in [5, 5.41) is 0.562. The molecule has 0 spiro atoms. The molecule has 3 heteroatoms. The van der Waals surface area contributed by atoms with Gasteiger partial charge in [-0.3, -0.25) is 0 Å². The Kier molecular flexibility index (Phi) is 3.27. The van der Waals surface area contributed by atoms with Crippen LogP contribution in [0.4, 0.5) is 5.69 Å². The van der Waals surface area contributed by atoms with Gasteiger partial charge in [-0.05, 0) is 32.4 Å². The zero-order chi connectivity index (χ0) is 10.8. The zero-order valence-corrected chi connectivity index (χ0v) is 9.56. The van der Waals surface area contributed by atoms with Crippen LogP contribution in [0.5, 0.6) is 5.75 Å². The predicted molar refractivity (Wildman–Crippen MR) is 60.9 cm³/mol. The van der Waals surface area contributed by atoms with E-state index in [1.807, 2.05) is 19.9 Å². The highest BCUT2D eigenvalue weighted by atomic mass is 35.5. The van der Waals surface area contributed by atoms with Gasteiger partial charge in [0, 0.05) is 0 Å². The first-order valence-electron chi connectivity index (χ1n) is 4.69. The van der Waals surface area contributed by atoms with Crippen LogP contribution in [0, 0.1) is 0 Å². The maximum Gasteiger partial charge on any atom is 0.161 e. The Hall–Kier alpha value is -0.890. The maximum absolute atomic E-state index is 5.99. The normalized spacial score (nSPS) is 11.4. The topological polar surface area (TPSA) is 35.2 Å². The van der Waals surface area contributed by atoms with Gasteiger partial charge in [-0.1, -0.05) is 24.6 Å². The van der Waals surface area contributed by atoms with Crippen LogP contribution in [0.15, 0.2) is 18.2 Å². The molecule has 1 aromatic carbocycles. The molecule has 2 nitrogen and oxygen atoms in total. The number of benzene rings is 1. The Labute approximate surface area is 90.0 Å². The van der Waals surface area contributed by atoms with Gasteiger partial charge in [0.2, 0.25) is 0 Å². The molecular weight excluding hydrogens is 198 g/mol. The Morgan fingerprint density at radius 2 is 2.07 bits per heavy atom. The molecule has 0 unspecified atom stereocenters. The van der Waals surface area contributed by atoms with Crippen molar-refractivity contribution in [1.82, 2.24) is 0 Å². The number of halogens is 1. The third-order valence-electron chi connectivity index (χ3n) is 2.23. The summed E-state index contributed by atoms with van der Waals surface area (Å²) in [6.07, 6.45) is 0.900. The fourth-order valence-electron chi connectivity index (χ4n) is 0.982. The summed E-state index contributed by atoms with van der Waals surface area (Å²) in [6.45, 7) is 6.08. The zero-order valence-electron chi connectivity index (χ0n) is 8.80. The predicted octanol–water partition coefficient (Wildman–Crippen LogP) is 3.49. The molecule has 0 atom stereocenters. The van der Waals surface area contributed by atoms with Gasteiger partial charge in [0.1, 0.15) is 5.60 Å². The van der Waals surface area contributed by atoms with Crippen LogP contribution in [-0.2, 0) is 0 Å². The van der Waals surface area contributed by atoms with Crippen molar-refractivity contribution in [2.24, 2.45) is 0 Å². The minimum Gasteiger partial charge on any atom is -0.484 e. The van der Waals surface area contributed by atoms with E-state index in [1.165, 1.54) is 0 Å². The van der Waals surface area contributed by atoms with Crippen molar-refractivity contribution < 1.29 is 4.74 Å². The molecular formula is C11H16ClNO. The SMILES string of the molecule is CCC(C)(C)Oc1c(N)cccc1Cl. The second kappa shape index (κ2) is 4.09. The van der Waals surface area contributed by atoms with E-state index in [2.05, 4.69) is 6.92 Å². The average molecular weight is 214 g/mol. The summed E-state index contributed by atoms with van der Waals surface area (Å²) in [5.74, 6) is 0.584. The first kappa shape index (κ1) is 11.2. The van der Waals surface area contributed by atoms with E-state index < -0.39 is 0 Å². The third-order valence-corrected chi connectivity index (χ3v) is 2.52. The Morgan fingerprint density at radius 1 is 1.43 bits per heavy atom. The number of para-hydroxylation sites is 1. The molecule has 0 aliphatic rings.